The highest BCUT2D eigenvalue weighted by molar-refractivity contribution is 6.09. The van der Waals surface area contributed by atoms with E-state index in [0.29, 0.717) is 6.42 Å². The summed E-state index contributed by atoms with van der Waals surface area (Å²) in [6.07, 6.45) is 1.50. The Balaban J connectivity index is 0.00000240. The Kier molecular flexibility index (Phi) is 6.35. The second-order valence-electron chi connectivity index (χ2n) is 8.13. The van der Waals surface area contributed by atoms with Gasteiger partial charge >= 0.3 is 0 Å². The first-order valence-electron chi connectivity index (χ1n) is 10.1. The van der Waals surface area contributed by atoms with Gasteiger partial charge in [0.15, 0.2) is 0 Å². The van der Waals surface area contributed by atoms with Gasteiger partial charge in [-0.3, -0.25) is 4.79 Å². The van der Waals surface area contributed by atoms with Crippen molar-refractivity contribution in [3.63, 3.8) is 0 Å². The van der Waals surface area contributed by atoms with E-state index in [1.54, 1.807) is 0 Å². The first-order chi connectivity index (χ1) is 13.5. The van der Waals surface area contributed by atoms with Crippen molar-refractivity contribution < 1.29 is 4.79 Å². The van der Waals surface area contributed by atoms with Crippen LogP contribution in [-0.2, 0) is 4.79 Å². The van der Waals surface area contributed by atoms with Crippen LogP contribution in [0.5, 0.6) is 0 Å². The number of hydrogen-bond acceptors (Lipinski definition) is 2. The topological polar surface area (TPSA) is 28.5 Å². The first kappa shape index (κ1) is 21.4. The summed E-state index contributed by atoms with van der Waals surface area (Å²) in [7, 11) is 4.15. The molecule has 1 aliphatic heterocycles. The minimum Gasteiger partial charge on any atom is -0.339 e. The van der Waals surface area contributed by atoms with Gasteiger partial charge in [0, 0.05) is 35.7 Å². The Hall–Kier alpha value is -2.30. The molecule has 0 saturated heterocycles. The minimum absolute atomic E-state index is 0. The van der Waals surface area contributed by atoms with E-state index in [9.17, 15) is 4.79 Å². The van der Waals surface area contributed by atoms with Gasteiger partial charge in [-0.2, -0.15) is 0 Å². The van der Waals surface area contributed by atoms with E-state index in [1.807, 2.05) is 4.90 Å². The van der Waals surface area contributed by atoms with Crippen LogP contribution in [0.15, 0.2) is 48.5 Å². The molecule has 5 heteroatoms. The molecule has 0 saturated carbocycles. The van der Waals surface area contributed by atoms with Crippen molar-refractivity contribution in [3.05, 3.63) is 54.2 Å². The molecule has 0 aliphatic carbocycles. The summed E-state index contributed by atoms with van der Waals surface area (Å²) in [6, 6.07) is 17.1. The van der Waals surface area contributed by atoms with Crippen LogP contribution in [0, 0.1) is 6.92 Å². The normalized spacial score (nSPS) is 16.2. The molecule has 1 amide bonds. The monoisotopic (exact) mass is 411 g/mol. The number of amides is 1. The maximum Gasteiger partial charge on any atom is 0.229 e. The van der Waals surface area contributed by atoms with Gasteiger partial charge in [0.1, 0.15) is 0 Å². The first-order valence-corrected chi connectivity index (χ1v) is 10.1. The highest BCUT2D eigenvalue weighted by Crippen LogP contribution is 2.43. The second kappa shape index (κ2) is 8.60. The van der Waals surface area contributed by atoms with Gasteiger partial charge in [0.2, 0.25) is 5.91 Å². The molecule has 3 aromatic rings. The van der Waals surface area contributed by atoms with Crippen molar-refractivity contribution in [3.8, 4) is 11.1 Å². The summed E-state index contributed by atoms with van der Waals surface area (Å²) in [5, 5.41) is 1.24. The molecule has 0 radical (unpaired) electrons. The van der Waals surface area contributed by atoms with Gasteiger partial charge in [-0.1, -0.05) is 42.5 Å². The van der Waals surface area contributed by atoms with Crippen LogP contribution >= 0.6 is 12.4 Å². The number of hydrogen-bond donors (Lipinski definition) is 0. The molecule has 29 heavy (non-hydrogen) atoms. The van der Waals surface area contributed by atoms with E-state index in [0.717, 1.165) is 25.2 Å². The highest BCUT2D eigenvalue weighted by atomic mass is 35.5. The van der Waals surface area contributed by atoms with Gasteiger partial charge in [0.25, 0.3) is 0 Å². The van der Waals surface area contributed by atoms with E-state index in [2.05, 4.69) is 85.9 Å². The molecular weight excluding hydrogens is 382 g/mol. The average Bonchev–Trinajstić information content (AvgIpc) is 2.91. The SMILES string of the molecule is Cc1c(-c2ccccc2)c2cccc3c2n1C(C)CC(=O)N3CCCN(C)C.Cl. The Bertz CT molecular complexity index is 1010. The lowest BCUT2D eigenvalue weighted by Gasteiger charge is -2.23. The third kappa shape index (κ3) is 3.79. The van der Waals surface area contributed by atoms with Crippen LogP contribution in [0.3, 0.4) is 0 Å². The van der Waals surface area contributed by atoms with E-state index in [1.165, 1.54) is 27.7 Å². The standard InChI is InChI=1S/C24H29N3O.ClH/c1-17-16-22(28)26(15-9-14-25(3)4)21-13-8-12-20-23(18(2)27(17)24(20)21)19-10-6-5-7-11-19;/h5-8,10-13,17H,9,14-16H2,1-4H3;1H. The number of carbonyl (C=O) groups excluding carboxylic acids is 1. The predicted octanol–water partition coefficient (Wildman–Crippen LogP) is 5.29. The number of para-hydroxylation sites is 1. The number of nitrogens with zero attached hydrogens (tertiary/aromatic N) is 3. The number of carbonyl (C=O) groups is 1. The minimum atomic E-state index is 0. The number of anilines is 1. The zero-order valence-corrected chi connectivity index (χ0v) is 18.5. The van der Waals surface area contributed by atoms with Crippen LogP contribution in [0.4, 0.5) is 5.69 Å². The third-order valence-electron chi connectivity index (χ3n) is 5.80. The molecule has 0 bridgehead atoms. The summed E-state index contributed by atoms with van der Waals surface area (Å²) in [4.78, 5) is 17.3. The van der Waals surface area contributed by atoms with Crippen LogP contribution in [0.2, 0.25) is 0 Å². The zero-order chi connectivity index (χ0) is 19.8. The number of rotatable bonds is 5. The lowest BCUT2D eigenvalue weighted by atomic mass is 10.0. The Morgan fingerprint density at radius 2 is 1.79 bits per heavy atom. The van der Waals surface area contributed by atoms with Gasteiger partial charge in [-0.15, -0.1) is 12.4 Å². The van der Waals surface area contributed by atoms with E-state index >= 15 is 0 Å². The molecule has 1 unspecified atom stereocenters. The fraction of sp³-hybridized carbons (Fsp3) is 0.375. The number of benzene rings is 2. The van der Waals surface area contributed by atoms with Gasteiger partial charge in [0.05, 0.1) is 11.2 Å². The van der Waals surface area contributed by atoms with E-state index in [-0.39, 0.29) is 24.4 Å². The van der Waals surface area contributed by atoms with Crippen LogP contribution < -0.4 is 4.90 Å². The van der Waals surface area contributed by atoms with Gasteiger partial charge < -0.3 is 14.4 Å². The van der Waals surface area contributed by atoms with Crippen LogP contribution in [-0.4, -0.2) is 42.6 Å². The quantitative estimate of drug-likeness (QED) is 0.570. The second-order valence-corrected chi connectivity index (χ2v) is 8.13. The van der Waals surface area contributed by atoms with E-state index < -0.39 is 0 Å². The molecule has 0 N–H and O–H groups in total. The molecule has 0 spiro atoms. The van der Waals surface area contributed by atoms with Crippen LogP contribution in [0.25, 0.3) is 22.0 Å². The maximum absolute atomic E-state index is 13.1. The number of halogens is 1. The third-order valence-corrected chi connectivity index (χ3v) is 5.80. The molecular formula is C24H30ClN3O. The Morgan fingerprint density at radius 3 is 2.48 bits per heavy atom. The van der Waals surface area contributed by atoms with E-state index in [4.69, 9.17) is 0 Å². The highest BCUT2D eigenvalue weighted by Gasteiger charge is 2.30. The molecule has 2 aromatic carbocycles. The summed E-state index contributed by atoms with van der Waals surface area (Å²) >= 11 is 0. The van der Waals surface area contributed by atoms with Crippen molar-refractivity contribution in [2.75, 3.05) is 32.1 Å². The lowest BCUT2D eigenvalue weighted by Crippen LogP contribution is -2.33. The zero-order valence-electron chi connectivity index (χ0n) is 17.7. The van der Waals surface area contributed by atoms with Crippen molar-refractivity contribution in [1.82, 2.24) is 9.47 Å². The number of aromatic nitrogens is 1. The summed E-state index contributed by atoms with van der Waals surface area (Å²) in [5.74, 6) is 0.225. The Morgan fingerprint density at radius 1 is 1.07 bits per heavy atom. The van der Waals surface area contributed by atoms with Gasteiger partial charge in [-0.25, -0.2) is 0 Å². The van der Waals surface area contributed by atoms with Crippen molar-refractivity contribution in [2.45, 2.75) is 32.7 Å². The smallest absolute Gasteiger partial charge is 0.229 e. The van der Waals surface area contributed by atoms with Crippen LogP contribution in [0.1, 0.15) is 31.5 Å². The van der Waals surface area contributed by atoms with Crippen molar-refractivity contribution in [1.29, 1.82) is 0 Å². The molecule has 4 nitrogen and oxygen atoms in total. The Labute approximate surface area is 179 Å². The van der Waals surface area contributed by atoms with Crippen molar-refractivity contribution in [2.24, 2.45) is 0 Å². The fourth-order valence-electron chi connectivity index (χ4n) is 4.59. The lowest BCUT2D eigenvalue weighted by molar-refractivity contribution is -0.119. The molecule has 0 fully saturated rings. The molecule has 154 valence electrons. The predicted molar refractivity (Wildman–Crippen MR) is 124 cm³/mol. The summed E-state index contributed by atoms with van der Waals surface area (Å²) in [5.41, 5.74) is 6.01. The molecule has 1 aromatic heterocycles. The summed E-state index contributed by atoms with van der Waals surface area (Å²) in [6.45, 7) is 6.09. The molecule has 1 atom stereocenters. The molecule has 4 rings (SSSR count). The van der Waals surface area contributed by atoms with Gasteiger partial charge in [-0.05, 0) is 52.5 Å². The fourth-order valence-corrected chi connectivity index (χ4v) is 4.59. The largest absolute Gasteiger partial charge is 0.339 e. The van der Waals surface area contributed by atoms with Crippen molar-refractivity contribution >= 4 is 34.9 Å². The molecule has 1 aliphatic rings. The maximum atomic E-state index is 13.1. The summed E-state index contributed by atoms with van der Waals surface area (Å²) < 4.78 is 2.39. The average molecular weight is 412 g/mol. The molecule has 2 heterocycles.